The van der Waals surface area contributed by atoms with Crippen LogP contribution in [0.25, 0.3) is 0 Å². The molecule has 1 aliphatic rings. The summed E-state index contributed by atoms with van der Waals surface area (Å²) in [6.07, 6.45) is 0.971. The Morgan fingerprint density at radius 1 is 1.30 bits per heavy atom. The number of hydrogen-bond donors (Lipinski definition) is 1. The van der Waals surface area contributed by atoms with Gasteiger partial charge in [0.25, 0.3) is 5.91 Å². The van der Waals surface area contributed by atoms with Crippen molar-refractivity contribution in [1.82, 2.24) is 5.32 Å². The van der Waals surface area contributed by atoms with Gasteiger partial charge in [-0.2, -0.15) is 0 Å². The molecule has 1 aromatic carbocycles. The number of thiophene rings is 1. The zero-order valence-electron chi connectivity index (χ0n) is 11.3. The minimum atomic E-state index is -0.0238. The molecule has 5 heteroatoms. The Morgan fingerprint density at radius 3 is 2.70 bits per heavy atom. The third-order valence-corrected chi connectivity index (χ3v) is 5.92. The van der Waals surface area contributed by atoms with Crippen LogP contribution in [0.3, 0.4) is 0 Å². The summed E-state index contributed by atoms with van der Waals surface area (Å²) in [6, 6.07) is 9.84. The lowest BCUT2D eigenvalue weighted by molar-refractivity contribution is 0.0944. The van der Waals surface area contributed by atoms with E-state index in [0.717, 1.165) is 27.5 Å². The first-order chi connectivity index (χ1) is 9.71. The van der Waals surface area contributed by atoms with Gasteiger partial charge in [-0.05, 0) is 30.2 Å². The molecular formula is C15H15NO2S2. The van der Waals surface area contributed by atoms with Gasteiger partial charge in [0.1, 0.15) is 11.1 Å². The molecule has 0 spiro atoms. The summed E-state index contributed by atoms with van der Waals surface area (Å²) in [4.78, 5) is 13.4. The van der Waals surface area contributed by atoms with Crippen LogP contribution in [-0.4, -0.2) is 13.0 Å². The Morgan fingerprint density at radius 2 is 2.05 bits per heavy atom. The quantitative estimate of drug-likeness (QED) is 0.936. The van der Waals surface area contributed by atoms with Crippen molar-refractivity contribution in [2.45, 2.75) is 22.9 Å². The zero-order valence-corrected chi connectivity index (χ0v) is 12.9. The molecule has 0 radical (unpaired) electrons. The largest absolute Gasteiger partial charge is 0.497 e. The van der Waals surface area contributed by atoms with Crippen LogP contribution in [0.15, 0.2) is 34.5 Å². The Kier molecular flexibility index (Phi) is 3.72. The molecule has 1 amide bonds. The van der Waals surface area contributed by atoms with Gasteiger partial charge in [0, 0.05) is 4.88 Å². The van der Waals surface area contributed by atoms with Crippen molar-refractivity contribution >= 4 is 29.0 Å². The number of amides is 1. The highest BCUT2D eigenvalue weighted by molar-refractivity contribution is 8.01. The number of methoxy groups -OCH3 is 1. The molecule has 0 aliphatic carbocycles. The number of carbonyl (C=O) groups excluding carboxylic acids is 1. The molecule has 3 rings (SSSR count). The van der Waals surface area contributed by atoms with Crippen molar-refractivity contribution in [1.29, 1.82) is 0 Å². The average Bonchev–Trinajstić information content (AvgIpc) is 2.91. The van der Waals surface area contributed by atoms with E-state index >= 15 is 0 Å². The van der Waals surface area contributed by atoms with Crippen LogP contribution in [0.2, 0.25) is 0 Å². The minimum Gasteiger partial charge on any atom is -0.497 e. The van der Waals surface area contributed by atoms with E-state index in [1.54, 1.807) is 30.2 Å². The summed E-state index contributed by atoms with van der Waals surface area (Å²) in [6.45, 7) is 2.11. The molecule has 2 heterocycles. The Balaban J connectivity index is 1.88. The van der Waals surface area contributed by atoms with E-state index in [0.29, 0.717) is 0 Å². The predicted molar refractivity (Wildman–Crippen MR) is 82.8 cm³/mol. The molecule has 0 saturated carbocycles. The summed E-state index contributed by atoms with van der Waals surface area (Å²) >= 11 is 3.43. The SMILES string of the molecule is CCc1cc2c(s1)SC(c1ccc(OC)cc1)NC2=O. The lowest BCUT2D eigenvalue weighted by Gasteiger charge is -2.23. The van der Waals surface area contributed by atoms with E-state index in [1.165, 1.54) is 4.88 Å². The summed E-state index contributed by atoms with van der Waals surface area (Å²) in [5, 5.41) is 3.03. The van der Waals surface area contributed by atoms with Crippen LogP contribution in [0.4, 0.5) is 0 Å². The summed E-state index contributed by atoms with van der Waals surface area (Å²) < 4.78 is 6.28. The number of nitrogens with one attached hydrogen (secondary N) is 1. The maximum absolute atomic E-state index is 12.2. The molecule has 2 aromatic rings. The van der Waals surface area contributed by atoms with Crippen LogP contribution >= 0.6 is 23.1 Å². The fraction of sp³-hybridized carbons (Fsp3) is 0.267. The molecule has 1 atom stereocenters. The number of ether oxygens (including phenoxy) is 1. The third-order valence-electron chi connectivity index (χ3n) is 3.25. The first kappa shape index (κ1) is 13.5. The highest BCUT2D eigenvalue weighted by atomic mass is 32.2. The van der Waals surface area contributed by atoms with E-state index in [2.05, 4.69) is 12.2 Å². The lowest BCUT2D eigenvalue weighted by atomic mass is 10.2. The number of benzene rings is 1. The molecule has 0 bridgehead atoms. The van der Waals surface area contributed by atoms with Gasteiger partial charge in [-0.1, -0.05) is 30.8 Å². The maximum Gasteiger partial charge on any atom is 0.254 e. The standard InChI is InChI=1S/C15H15NO2S2/c1-3-11-8-12-13(17)16-14(20-15(12)19-11)9-4-6-10(18-2)7-5-9/h4-8,14H,3H2,1-2H3,(H,16,17). The lowest BCUT2D eigenvalue weighted by Crippen LogP contribution is -2.29. The molecule has 20 heavy (non-hydrogen) atoms. The van der Waals surface area contributed by atoms with Gasteiger partial charge in [-0.25, -0.2) is 0 Å². The summed E-state index contributed by atoms with van der Waals surface area (Å²) in [7, 11) is 1.65. The second-order valence-corrected chi connectivity index (χ2v) is 7.02. The topological polar surface area (TPSA) is 38.3 Å². The average molecular weight is 305 g/mol. The van der Waals surface area contributed by atoms with Crippen molar-refractivity contribution in [3.63, 3.8) is 0 Å². The van der Waals surface area contributed by atoms with Crippen LogP contribution in [0.1, 0.15) is 33.1 Å². The molecule has 0 saturated heterocycles. The smallest absolute Gasteiger partial charge is 0.254 e. The van der Waals surface area contributed by atoms with Crippen molar-refractivity contribution in [2.24, 2.45) is 0 Å². The normalized spacial score (nSPS) is 17.5. The molecule has 1 N–H and O–H groups in total. The van der Waals surface area contributed by atoms with E-state index in [9.17, 15) is 4.79 Å². The highest BCUT2D eigenvalue weighted by Gasteiger charge is 2.28. The molecule has 1 aromatic heterocycles. The fourth-order valence-electron chi connectivity index (χ4n) is 2.11. The monoisotopic (exact) mass is 305 g/mol. The van der Waals surface area contributed by atoms with E-state index in [-0.39, 0.29) is 11.3 Å². The van der Waals surface area contributed by atoms with Gasteiger partial charge in [0.15, 0.2) is 0 Å². The van der Waals surface area contributed by atoms with Crippen LogP contribution in [0, 0.1) is 0 Å². The first-order valence-corrected chi connectivity index (χ1v) is 8.15. The number of fused-ring (bicyclic) bond motifs is 1. The van der Waals surface area contributed by atoms with Gasteiger partial charge in [-0.3, -0.25) is 4.79 Å². The number of aryl methyl sites for hydroxylation is 1. The molecule has 3 nitrogen and oxygen atoms in total. The van der Waals surface area contributed by atoms with Crippen LogP contribution in [0.5, 0.6) is 5.75 Å². The Hall–Kier alpha value is -1.46. The second-order valence-electron chi connectivity index (χ2n) is 4.51. The fourth-order valence-corrected chi connectivity index (χ4v) is 4.68. The first-order valence-electron chi connectivity index (χ1n) is 6.45. The van der Waals surface area contributed by atoms with Crippen LogP contribution in [-0.2, 0) is 6.42 Å². The van der Waals surface area contributed by atoms with Crippen LogP contribution < -0.4 is 10.1 Å². The van der Waals surface area contributed by atoms with Crippen molar-refractivity contribution in [3.05, 3.63) is 46.3 Å². The van der Waals surface area contributed by atoms with E-state index < -0.39 is 0 Å². The minimum absolute atomic E-state index is 0.0236. The van der Waals surface area contributed by atoms with Gasteiger partial charge in [-0.15, -0.1) is 11.3 Å². The molecular weight excluding hydrogens is 290 g/mol. The third kappa shape index (κ3) is 2.43. The number of carbonyl (C=O) groups is 1. The highest BCUT2D eigenvalue weighted by Crippen LogP contribution is 2.43. The molecule has 1 unspecified atom stereocenters. The van der Waals surface area contributed by atoms with E-state index in [1.807, 2.05) is 30.3 Å². The van der Waals surface area contributed by atoms with Gasteiger partial charge in [0.05, 0.1) is 16.9 Å². The molecule has 1 aliphatic heterocycles. The summed E-state index contributed by atoms with van der Waals surface area (Å²) in [5.41, 5.74) is 1.91. The van der Waals surface area contributed by atoms with Crippen molar-refractivity contribution < 1.29 is 9.53 Å². The predicted octanol–water partition coefficient (Wildman–Crippen LogP) is 3.85. The van der Waals surface area contributed by atoms with E-state index in [4.69, 9.17) is 4.74 Å². The Bertz CT molecular complexity index is 634. The van der Waals surface area contributed by atoms with Gasteiger partial charge >= 0.3 is 0 Å². The number of hydrogen-bond acceptors (Lipinski definition) is 4. The van der Waals surface area contributed by atoms with Gasteiger partial charge < -0.3 is 10.1 Å². The number of rotatable bonds is 3. The molecule has 104 valence electrons. The maximum atomic E-state index is 12.2. The van der Waals surface area contributed by atoms with Crippen molar-refractivity contribution in [2.75, 3.05) is 7.11 Å². The number of thioether (sulfide) groups is 1. The second kappa shape index (κ2) is 5.50. The zero-order chi connectivity index (χ0) is 14.1. The summed E-state index contributed by atoms with van der Waals surface area (Å²) in [5.74, 6) is 0.849. The van der Waals surface area contributed by atoms with Gasteiger partial charge in [0.2, 0.25) is 0 Å². The van der Waals surface area contributed by atoms with Crippen molar-refractivity contribution in [3.8, 4) is 5.75 Å². The molecule has 0 fully saturated rings. The Labute approximate surface area is 126 Å².